The van der Waals surface area contributed by atoms with E-state index in [0.29, 0.717) is 5.56 Å². The average molecular weight is 272 g/mol. The lowest BCUT2D eigenvalue weighted by atomic mass is 10.2. The molecule has 0 spiro atoms. The molecule has 5 heteroatoms. The maximum atomic E-state index is 12.1. The van der Waals surface area contributed by atoms with Gasteiger partial charge >= 0.3 is 6.03 Å². The Morgan fingerprint density at radius 2 is 1.90 bits per heavy atom. The second-order valence-electron chi connectivity index (χ2n) is 4.95. The average Bonchev–Trinajstić information content (AvgIpc) is 2.49. The summed E-state index contributed by atoms with van der Waals surface area (Å²) in [5.41, 5.74) is 1.32. The summed E-state index contributed by atoms with van der Waals surface area (Å²) in [5.74, 6) is 0. The fourth-order valence-electron chi connectivity index (χ4n) is 2.32. The number of anilines is 1. The minimum absolute atomic E-state index is 0.0640. The second kappa shape index (κ2) is 6.92. The van der Waals surface area contributed by atoms with E-state index >= 15 is 0 Å². The zero-order valence-electron chi connectivity index (χ0n) is 11.8. The number of rotatable bonds is 3. The van der Waals surface area contributed by atoms with Crippen LogP contribution in [0, 0.1) is 11.3 Å². The van der Waals surface area contributed by atoms with Crippen molar-refractivity contribution in [3.05, 3.63) is 29.8 Å². The number of nitrogens with one attached hydrogen (secondary N) is 1. The number of carbonyl (C=O) groups is 1. The van der Waals surface area contributed by atoms with E-state index in [1.807, 2.05) is 4.90 Å². The largest absolute Gasteiger partial charge is 0.322 e. The van der Waals surface area contributed by atoms with Gasteiger partial charge in [-0.1, -0.05) is 6.92 Å². The molecule has 1 aliphatic rings. The van der Waals surface area contributed by atoms with Crippen LogP contribution in [-0.4, -0.2) is 48.6 Å². The molecule has 20 heavy (non-hydrogen) atoms. The van der Waals surface area contributed by atoms with Gasteiger partial charge in [0.05, 0.1) is 11.6 Å². The summed E-state index contributed by atoms with van der Waals surface area (Å²) in [6, 6.07) is 8.91. The number of nitriles is 1. The van der Waals surface area contributed by atoms with Gasteiger partial charge in [-0.2, -0.15) is 5.26 Å². The number of urea groups is 1. The lowest BCUT2D eigenvalue weighted by Gasteiger charge is -2.34. The van der Waals surface area contributed by atoms with Crippen molar-refractivity contribution in [2.24, 2.45) is 0 Å². The first-order valence-corrected chi connectivity index (χ1v) is 7.01. The first kappa shape index (κ1) is 14.4. The first-order valence-electron chi connectivity index (χ1n) is 7.01. The summed E-state index contributed by atoms with van der Waals surface area (Å²) in [6.45, 7) is 6.68. The number of carbonyl (C=O) groups excluding carboxylic acids is 1. The molecule has 0 aromatic heterocycles. The lowest BCUT2D eigenvalue weighted by molar-refractivity contribution is 0.147. The highest BCUT2D eigenvalue weighted by Gasteiger charge is 2.20. The summed E-state index contributed by atoms with van der Waals surface area (Å²) in [5, 5.41) is 11.6. The highest BCUT2D eigenvalue weighted by Crippen LogP contribution is 2.11. The van der Waals surface area contributed by atoms with Gasteiger partial charge in [-0.05, 0) is 37.2 Å². The van der Waals surface area contributed by atoms with Crippen LogP contribution in [0.2, 0.25) is 0 Å². The lowest BCUT2D eigenvalue weighted by Crippen LogP contribution is -2.50. The summed E-state index contributed by atoms with van der Waals surface area (Å²) in [7, 11) is 0. The molecule has 0 bridgehead atoms. The first-order chi connectivity index (χ1) is 9.72. The Bertz CT molecular complexity index is 484. The molecule has 1 aromatic rings. The van der Waals surface area contributed by atoms with Gasteiger partial charge in [-0.15, -0.1) is 0 Å². The van der Waals surface area contributed by atoms with Crippen molar-refractivity contribution in [3.63, 3.8) is 0 Å². The Labute approximate surface area is 119 Å². The van der Waals surface area contributed by atoms with Crippen molar-refractivity contribution in [3.8, 4) is 6.07 Å². The van der Waals surface area contributed by atoms with Gasteiger partial charge in [0, 0.05) is 31.9 Å². The standard InChI is InChI=1S/C15H20N4O/c1-2-7-18-8-10-19(11-9-18)15(20)17-14-5-3-13(12-16)4-6-14/h3-6H,2,7-11H2,1H3,(H,17,20). The number of piperazine rings is 1. The van der Waals surface area contributed by atoms with Gasteiger partial charge in [-0.25, -0.2) is 4.79 Å². The van der Waals surface area contributed by atoms with Crippen LogP contribution in [-0.2, 0) is 0 Å². The Hall–Kier alpha value is -2.06. The Balaban J connectivity index is 1.84. The number of amides is 2. The highest BCUT2D eigenvalue weighted by atomic mass is 16.2. The fraction of sp³-hybridized carbons (Fsp3) is 0.467. The minimum Gasteiger partial charge on any atom is -0.322 e. The van der Waals surface area contributed by atoms with Gasteiger partial charge in [0.15, 0.2) is 0 Å². The maximum Gasteiger partial charge on any atom is 0.321 e. The van der Waals surface area contributed by atoms with Crippen LogP contribution in [0.5, 0.6) is 0 Å². The number of hydrogen-bond donors (Lipinski definition) is 1. The molecular weight excluding hydrogens is 252 g/mol. The summed E-state index contributed by atoms with van der Waals surface area (Å²) in [6.07, 6.45) is 1.15. The van der Waals surface area contributed by atoms with E-state index in [9.17, 15) is 4.79 Å². The summed E-state index contributed by atoms with van der Waals surface area (Å²) >= 11 is 0. The van der Waals surface area contributed by atoms with Crippen LogP contribution in [0.1, 0.15) is 18.9 Å². The van der Waals surface area contributed by atoms with Gasteiger partial charge < -0.3 is 10.2 Å². The van der Waals surface area contributed by atoms with E-state index in [1.54, 1.807) is 24.3 Å². The number of hydrogen-bond acceptors (Lipinski definition) is 3. The molecular formula is C15H20N4O. The third-order valence-corrected chi connectivity index (χ3v) is 3.46. The molecule has 0 aliphatic carbocycles. The van der Waals surface area contributed by atoms with Crippen molar-refractivity contribution in [2.75, 3.05) is 38.0 Å². The predicted octanol–water partition coefficient (Wildman–Crippen LogP) is 2.12. The van der Waals surface area contributed by atoms with Crippen LogP contribution < -0.4 is 5.32 Å². The molecule has 2 amide bonds. The molecule has 0 atom stereocenters. The second-order valence-corrected chi connectivity index (χ2v) is 4.95. The number of benzene rings is 1. The topological polar surface area (TPSA) is 59.4 Å². The van der Waals surface area contributed by atoms with Crippen molar-refractivity contribution in [2.45, 2.75) is 13.3 Å². The van der Waals surface area contributed by atoms with Crippen LogP contribution >= 0.6 is 0 Å². The van der Waals surface area contributed by atoms with E-state index in [0.717, 1.165) is 44.8 Å². The molecule has 0 unspecified atom stereocenters. The molecule has 1 fully saturated rings. The van der Waals surface area contributed by atoms with Gasteiger partial charge in [0.2, 0.25) is 0 Å². The van der Waals surface area contributed by atoms with Crippen molar-refractivity contribution < 1.29 is 4.79 Å². The third kappa shape index (κ3) is 3.72. The molecule has 1 aliphatic heterocycles. The summed E-state index contributed by atoms with van der Waals surface area (Å²) in [4.78, 5) is 16.3. The van der Waals surface area contributed by atoms with Gasteiger partial charge in [0.25, 0.3) is 0 Å². The minimum atomic E-state index is -0.0640. The normalized spacial score (nSPS) is 15.7. The fourth-order valence-corrected chi connectivity index (χ4v) is 2.32. The third-order valence-electron chi connectivity index (χ3n) is 3.46. The Morgan fingerprint density at radius 3 is 2.45 bits per heavy atom. The van der Waals surface area contributed by atoms with Crippen LogP contribution in [0.25, 0.3) is 0 Å². The van der Waals surface area contributed by atoms with E-state index < -0.39 is 0 Å². The Kier molecular flexibility index (Phi) is 4.97. The molecule has 1 saturated heterocycles. The smallest absolute Gasteiger partial charge is 0.321 e. The van der Waals surface area contributed by atoms with Crippen molar-refractivity contribution in [1.82, 2.24) is 9.80 Å². The zero-order valence-corrected chi connectivity index (χ0v) is 11.8. The molecule has 2 rings (SSSR count). The van der Waals surface area contributed by atoms with E-state index in [1.165, 1.54) is 0 Å². The molecule has 106 valence electrons. The van der Waals surface area contributed by atoms with E-state index in [-0.39, 0.29) is 6.03 Å². The predicted molar refractivity (Wildman–Crippen MR) is 78.5 cm³/mol. The molecule has 5 nitrogen and oxygen atoms in total. The molecule has 0 radical (unpaired) electrons. The van der Waals surface area contributed by atoms with Gasteiger partial charge in [0.1, 0.15) is 0 Å². The van der Waals surface area contributed by atoms with E-state index in [4.69, 9.17) is 5.26 Å². The summed E-state index contributed by atoms with van der Waals surface area (Å²) < 4.78 is 0. The highest BCUT2D eigenvalue weighted by molar-refractivity contribution is 5.89. The van der Waals surface area contributed by atoms with Crippen LogP contribution in [0.15, 0.2) is 24.3 Å². The van der Waals surface area contributed by atoms with Gasteiger partial charge in [-0.3, -0.25) is 4.90 Å². The Morgan fingerprint density at radius 1 is 1.25 bits per heavy atom. The van der Waals surface area contributed by atoms with Crippen LogP contribution in [0.3, 0.4) is 0 Å². The quantitative estimate of drug-likeness (QED) is 0.917. The van der Waals surface area contributed by atoms with Crippen molar-refractivity contribution in [1.29, 1.82) is 5.26 Å². The maximum absolute atomic E-state index is 12.1. The SMILES string of the molecule is CCCN1CCN(C(=O)Nc2ccc(C#N)cc2)CC1. The molecule has 1 N–H and O–H groups in total. The molecule has 1 aromatic carbocycles. The van der Waals surface area contributed by atoms with Crippen LogP contribution in [0.4, 0.5) is 10.5 Å². The monoisotopic (exact) mass is 272 g/mol. The van der Waals surface area contributed by atoms with Crippen molar-refractivity contribution >= 4 is 11.7 Å². The number of nitrogens with zero attached hydrogens (tertiary/aromatic N) is 3. The zero-order chi connectivity index (χ0) is 14.4. The van der Waals surface area contributed by atoms with E-state index in [2.05, 4.69) is 23.2 Å². The molecule has 0 saturated carbocycles. The molecule has 1 heterocycles.